The first kappa shape index (κ1) is 21.0. The minimum absolute atomic E-state index is 0.0217. The zero-order chi connectivity index (χ0) is 23.3. The van der Waals surface area contributed by atoms with Crippen LogP contribution in [0.5, 0.6) is 0 Å². The lowest BCUT2D eigenvalue weighted by atomic mass is 9.99. The molecule has 0 N–H and O–H groups in total. The Kier molecular flexibility index (Phi) is 5.75. The van der Waals surface area contributed by atoms with Crippen LogP contribution in [0.4, 0.5) is 17.1 Å². The molecule has 0 unspecified atom stereocenters. The summed E-state index contributed by atoms with van der Waals surface area (Å²) in [6, 6.07) is 39.7. The van der Waals surface area contributed by atoms with E-state index in [4.69, 9.17) is 4.74 Å². The molecule has 162 valence electrons. The molecule has 4 nitrogen and oxygen atoms in total. The minimum atomic E-state index is -0.622. The standard InChI is InChI=1S/C30H20N2O2/c31-21-27-29(23-10-4-1-5-11-23)28(34-30(27)33)20-22-16-18-26(19-17-22)32(24-12-6-2-7-13-24)25-14-8-3-9-15-25/h1-20H/b28-20-. The molecule has 4 heteroatoms. The van der Waals surface area contributed by atoms with Crippen LogP contribution in [0, 0.1) is 11.3 Å². The van der Waals surface area contributed by atoms with Crippen molar-refractivity contribution in [1.29, 1.82) is 5.26 Å². The van der Waals surface area contributed by atoms with Gasteiger partial charge in [0.2, 0.25) is 0 Å². The van der Waals surface area contributed by atoms with E-state index in [1.807, 2.05) is 97.1 Å². The lowest BCUT2D eigenvalue weighted by Gasteiger charge is -2.25. The second kappa shape index (κ2) is 9.32. The summed E-state index contributed by atoms with van der Waals surface area (Å²) in [5.41, 5.74) is 5.28. The highest BCUT2D eigenvalue weighted by Crippen LogP contribution is 2.37. The second-order valence-electron chi connectivity index (χ2n) is 7.72. The van der Waals surface area contributed by atoms with E-state index in [0.29, 0.717) is 11.3 Å². The lowest BCUT2D eigenvalue weighted by molar-refractivity contribution is -0.132. The van der Waals surface area contributed by atoms with Gasteiger partial charge in [-0.05, 0) is 53.6 Å². The molecule has 1 aliphatic heterocycles. The van der Waals surface area contributed by atoms with Crippen molar-refractivity contribution in [2.24, 2.45) is 0 Å². The largest absolute Gasteiger partial charge is 0.422 e. The van der Waals surface area contributed by atoms with Crippen molar-refractivity contribution in [3.63, 3.8) is 0 Å². The summed E-state index contributed by atoms with van der Waals surface area (Å²) < 4.78 is 5.47. The van der Waals surface area contributed by atoms with Crippen LogP contribution in [0.1, 0.15) is 11.1 Å². The Bertz CT molecular complexity index is 1380. The molecule has 5 rings (SSSR count). The van der Waals surface area contributed by atoms with Gasteiger partial charge in [-0.3, -0.25) is 0 Å². The Morgan fingerprint density at radius 1 is 0.676 bits per heavy atom. The third-order valence-electron chi connectivity index (χ3n) is 5.56. The summed E-state index contributed by atoms with van der Waals surface area (Å²) in [7, 11) is 0. The van der Waals surface area contributed by atoms with E-state index in [-0.39, 0.29) is 5.57 Å². The van der Waals surface area contributed by atoms with Gasteiger partial charge in [0.25, 0.3) is 0 Å². The van der Waals surface area contributed by atoms with Crippen molar-refractivity contribution in [3.8, 4) is 6.07 Å². The number of anilines is 3. The quantitative estimate of drug-likeness (QED) is 0.313. The number of allylic oxidation sites excluding steroid dienone is 1. The molecular formula is C30H20N2O2. The van der Waals surface area contributed by atoms with Crippen molar-refractivity contribution >= 4 is 34.7 Å². The third kappa shape index (κ3) is 4.11. The molecule has 0 atom stereocenters. The first-order chi connectivity index (χ1) is 16.7. The first-order valence-electron chi connectivity index (χ1n) is 10.9. The normalized spacial score (nSPS) is 14.1. The maximum Gasteiger partial charge on any atom is 0.355 e. The summed E-state index contributed by atoms with van der Waals surface area (Å²) >= 11 is 0. The molecular weight excluding hydrogens is 420 g/mol. The maximum absolute atomic E-state index is 12.3. The van der Waals surface area contributed by atoms with Crippen LogP contribution < -0.4 is 4.90 Å². The molecule has 0 saturated heterocycles. The van der Waals surface area contributed by atoms with Crippen LogP contribution in [0.15, 0.2) is 127 Å². The van der Waals surface area contributed by atoms with Crippen LogP contribution >= 0.6 is 0 Å². The molecule has 0 saturated carbocycles. The Labute approximate surface area is 198 Å². The van der Waals surface area contributed by atoms with Gasteiger partial charge in [-0.2, -0.15) is 5.26 Å². The molecule has 34 heavy (non-hydrogen) atoms. The number of carbonyl (C=O) groups is 1. The second-order valence-corrected chi connectivity index (χ2v) is 7.72. The zero-order valence-corrected chi connectivity index (χ0v) is 18.3. The fourth-order valence-corrected chi connectivity index (χ4v) is 3.99. The Morgan fingerprint density at radius 2 is 1.18 bits per heavy atom. The SMILES string of the molecule is N#CC1=C(c2ccccc2)/C(=C/c2ccc(N(c3ccccc3)c3ccccc3)cc2)OC1=O. The molecule has 0 fully saturated rings. The lowest BCUT2D eigenvalue weighted by Crippen LogP contribution is -2.09. The number of cyclic esters (lactones) is 1. The maximum atomic E-state index is 12.3. The van der Waals surface area contributed by atoms with Crippen molar-refractivity contribution in [3.05, 3.63) is 138 Å². The molecule has 0 amide bonds. The van der Waals surface area contributed by atoms with Crippen molar-refractivity contribution < 1.29 is 9.53 Å². The third-order valence-corrected chi connectivity index (χ3v) is 5.56. The average molecular weight is 441 g/mol. The number of esters is 1. The van der Waals surface area contributed by atoms with E-state index in [1.54, 1.807) is 6.08 Å². The van der Waals surface area contributed by atoms with Crippen molar-refractivity contribution in [2.45, 2.75) is 0 Å². The van der Waals surface area contributed by atoms with Crippen LogP contribution in [0.3, 0.4) is 0 Å². The fourth-order valence-electron chi connectivity index (χ4n) is 3.99. The number of carbonyl (C=O) groups excluding carboxylic acids is 1. The molecule has 0 spiro atoms. The van der Waals surface area contributed by atoms with Crippen molar-refractivity contribution in [2.75, 3.05) is 4.90 Å². The fraction of sp³-hybridized carbons (Fsp3) is 0. The van der Waals surface area contributed by atoms with Crippen LogP contribution in [-0.4, -0.2) is 5.97 Å². The number of hydrogen-bond acceptors (Lipinski definition) is 4. The van der Waals surface area contributed by atoms with E-state index in [1.165, 1.54) is 0 Å². The minimum Gasteiger partial charge on any atom is -0.422 e. The summed E-state index contributed by atoms with van der Waals surface area (Å²) in [6.45, 7) is 0. The first-order valence-corrected chi connectivity index (χ1v) is 10.9. The van der Waals surface area contributed by atoms with Gasteiger partial charge in [-0.25, -0.2) is 4.79 Å². The number of hydrogen-bond donors (Lipinski definition) is 0. The number of ether oxygens (including phenoxy) is 1. The number of benzene rings is 4. The predicted molar refractivity (Wildman–Crippen MR) is 134 cm³/mol. The van der Waals surface area contributed by atoms with E-state index in [2.05, 4.69) is 29.2 Å². The molecule has 1 aliphatic rings. The molecule has 4 aromatic carbocycles. The van der Waals surface area contributed by atoms with Crippen LogP contribution in [-0.2, 0) is 9.53 Å². The Hall–Kier alpha value is -4.88. The summed E-state index contributed by atoms with van der Waals surface area (Å²) in [5.74, 6) is -0.243. The molecule has 4 aromatic rings. The molecule has 0 bridgehead atoms. The number of nitrogens with zero attached hydrogens (tertiary/aromatic N) is 2. The molecule has 0 aromatic heterocycles. The van der Waals surface area contributed by atoms with Gasteiger partial charge in [0.05, 0.1) is 0 Å². The van der Waals surface area contributed by atoms with Crippen molar-refractivity contribution in [1.82, 2.24) is 0 Å². The smallest absolute Gasteiger partial charge is 0.355 e. The summed E-state index contributed by atoms with van der Waals surface area (Å²) in [5, 5.41) is 9.52. The average Bonchev–Trinajstić information content (AvgIpc) is 3.21. The number of nitriles is 1. The van der Waals surface area contributed by atoms with Gasteiger partial charge in [0, 0.05) is 22.6 Å². The van der Waals surface area contributed by atoms with Gasteiger partial charge in [-0.15, -0.1) is 0 Å². The van der Waals surface area contributed by atoms with Gasteiger partial charge in [0.1, 0.15) is 17.4 Å². The number of para-hydroxylation sites is 2. The Morgan fingerprint density at radius 3 is 1.71 bits per heavy atom. The van der Waals surface area contributed by atoms with E-state index in [0.717, 1.165) is 28.2 Å². The monoisotopic (exact) mass is 440 g/mol. The Balaban J connectivity index is 1.52. The predicted octanol–water partition coefficient (Wildman–Crippen LogP) is 7.03. The topological polar surface area (TPSA) is 53.3 Å². The zero-order valence-electron chi connectivity index (χ0n) is 18.3. The molecule has 0 radical (unpaired) electrons. The van der Waals surface area contributed by atoms with E-state index < -0.39 is 5.97 Å². The van der Waals surface area contributed by atoms with Gasteiger partial charge in [0.15, 0.2) is 0 Å². The highest BCUT2D eigenvalue weighted by Gasteiger charge is 2.31. The highest BCUT2D eigenvalue weighted by atomic mass is 16.5. The van der Waals surface area contributed by atoms with Gasteiger partial charge < -0.3 is 9.64 Å². The van der Waals surface area contributed by atoms with E-state index >= 15 is 0 Å². The van der Waals surface area contributed by atoms with Crippen LogP contribution in [0.2, 0.25) is 0 Å². The van der Waals surface area contributed by atoms with E-state index in [9.17, 15) is 10.1 Å². The number of rotatable bonds is 5. The van der Waals surface area contributed by atoms with Gasteiger partial charge >= 0.3 is 5.97 Å². The molecule has 0 aliphatic carbocycles. The summed E-state index contributed by atoms with van der Waals surface area (Å²) in [4.78, 5) is 14.5. The van der Waals surface area contributed by atoms with Gasteiger partial charge in [-0.1, -0.05) is 78.9 Å². The summed E-state index contributed by atoms with van der Waals surface area (Å²) in [6.07, 6.45) is 1.80. The van der Waals surface area contributed by atoms with Crippen LogP contribution in [0.25, 0.3) is 11.6 Å². The molecule has 1 heterocycles. The highest BCUT2D eigenvalue weighted by molar-refractivity contribution is 6.11.